The fraction of sp³-hybridized carbons (Fsp3) is 0.154. The van der Waals surface area contributed by atoms with Gasteiger partial charge in [-0.2, -0.15) is 0 Å². The van der Waals surface area contributed by atoms with Crippen LogP contribution in [-0.2, 0) is 6.54 Å². The highest BCUT2D eigenvalue weighted by Crippen LogP contribution is 2.31. The Hall–Kier alpha value is -1.81. The Balaban J connectivity index is 2.61. The van der Waals surface area contributed by atoms with Crippen LogP contribution < -0.4 is 5.73 Å². The van der Waals surface area contributed by atoms with Crippen LogP contribution in [0.4, 0.5) is 10.2 Å². The minimum Gasteiger partial charge on any atom is -0.383 e. The Kier molecular flexibility index (Phi) is 3.39. The van der Waals surface area contributed by atoms with Crippen LogP contribution in [0.5, 0.6) is 0 Å². The largest absolute Gasteiger partial charge is 0.383 e. The summed E-state index contributed by atoms with van der Waals surface area (Å²) >= 11 is 5.76. The molecule has 2 N–H and O–H groups in total. The summed E-state index contributed by atoms with van der Waals surface area (Å²) in [6.07, 6.45) is 1.71. The van der Waals surface area contributed by atoms with Crippen LogP contribution in [0.3, 0.4) is 0 Å². The molecule has 2 aromatic rings. The van der Waals surface area contributed by atoms with Crippen molar-refractivity contribution < 1.29 is 4.39 Å². The van der Waals surface area contributed by atoms with Gasteiger partial charge < -0.3 is 10.3 Å². The zero-order valence-electron chi connectivity index (χ0n) is 9.95. The average molecular weight is 266 g/mol. The van der Waals surface area contributed by atoms with Crippen LogP contribution in [-0.4, -0.2) is 9.55 Å². The molecule has 0 unspecified atom stereocenters. The number of hydrogen-bond acceptors (Lipinski definition) is 2. The van der Waals surface area contributed by atoms with Crippen molar-refractivity contribution in [2.75, 3.05) is 5.73 Å². The maximum atomic E-state index is 13.9. The molecule has 1 aromatic heterocycles. The predicted molar refractivity (Wildman–Crippen MR) is 72.0 cm³/mol. The minimum absolute atomic E-state index is 0.0582. The van der Waals surface area contributed by atoms with E-state index in [4.69, 9.17) is 17.3 Å². The highest BCUT2D eigenvalue weighted by molar-refractivity contribution is 6.31. The second-order valence-electron chi connectivity index (χ2n) is 3.89. The zero-order chi connectivity index (χ0) is 13.3. The van der Waals surface area contributed by atoms with E-state index in [1.807, 2.05) is 6.92 Å². The van der Waals surface area contributed by atoms with Gasteiger partial charge in [0.05, 0.1) is 5.02 Å². The lowest BCUT2D eigenvalue weighted by Crippen LogP contribution is -2.03. The highest BCUT2D eigenvalue weighted by Gasteiger charge is 2.17. The first-order chi connectivity index (χ1) is 8.56. The molecule has 5 heteroatoms. The third-order valence-corrected chi connectivity index (χ3v) is 3.01. The van der Waals surface area contributed by atoms with Crippen molar-refractivity contribution in [1.29, 1.82) is 0 Å². The highest BCUT2D eigenvalue weighted by atomic mass is 35.5. The monoisotopic (exact) mass is 265 g/mol. The topological polar surface area (TPSA) is 43.8 Å². The molecule has 3 nitrogen and oxygen atoms in total. The van der Waals surface area contributed by atoms with Gasteiger partial charge in [0.2, 0.25) is 0 Å². The summed E-state index contributed by atoms with van der Waals surface area (Å²) in [5.41, 5.74) is 6.71. The molecule has 1 aromatic carbocycles. The molecule has 1 heterocycles. The maximum absolute atomic E-state index is 13.9. The molecule has 0 saturated heterocycles. The van der Waals surface area contributed by atoms with Gasteiger partial charge in [-0.25, -0.2) is 9.37 Å². The molecule has 0 bridgehead atoms. The van der Waals surface area contributed by atoms with E-state index >= 15 is 0 Å². The molecular formula is C13H13ClFN3. The van der Waals surface area contributed by atoms with Gasteiger partial charge in [0.1, 0.15) is 17.3 Å². The first-order valence-electron chi connectivity index (χ1n) is 5.44. The van der Waals surface area contributed by atoms with Crippen molar-refractivity contribution in [1.82, 2.24) is 9.55 Å². The number of anilines is 1. The van der Waals surface area contributed by atoms with E-state index in [1.165, 1.54) is 6.07 Å². The fourth-order valence-electron chi connectivity index (χ4n) is 1.83. The summed E-state index contributed by atoms with van der Waals surface area (Å²) in [6, 6.07) is 4.77. The number of aromatic nitrogens is 2. The molecule has 0 aliphatic carbocycles. The second-order valence-corrected chi connectivity index (χ2v) is 4.30. The summed E-state index contributed by atoms with van der Waals surface area (Å²) in [6.45, 7) is 6.00. The minimum atomic E-state index is -0.505. The molecule has 2 rings (SSSR count). The van der Waals surface area contributed by atoms with Crippen molar-refractivity contribution in [3.63, 3.8) is 0 Å². The Morgan fingerprint density at radius 1 is 1.56 bits per heavy atom. The SMILES string of the molecule is C=CCn1c(C)nc(-c2cccc(Cl)c2F)c1N. The Bertz CT molecular complexity index is 605. The second kappa shape index (κ2) is 4.82. The van der Waals surface area contributed by atoms with Gasteiger partial charge in [0.15, 0.2) is 5.82 Å². The van der Waals surface area contributed by atoms with Gasteiger partial charge in [-0.05, 0) is 19.1 Å². The van der Waals surface area contributed by atoms with Gasteiger partial charge in [-0.15, -0.1) is 6.58 Å². The predicted octanol–water partition coefficient (Wildman–Crippen LogP) is 3.42. The molecule has 0 spiro atoms. The van der Waals surface area contributed by atoms with E-state index in [2.05, 4.69) is 11.6 Å². The van der Waals surface area contributed by atoms with E-state index in [0.717, 1.165) is 0 Å². The average Bonchev–Trinajstić information content (AvgIpc) is 2.61. The zero-order valence-corrected chi connectivity index (χ0v) is 10.7. The van der Waals surface area contributed by atoms with Crippen LogP contribution in [0.25, 0.3) is 11.3 Å². The van der Waals surface area contributed by atoms with Crippen molar-refractivity contribution >= 4 is 17.4 Å². The number of allylic oxidation sites excluding steroid dienone is 1. The molecular weight excluding hydrogens is 253 g/mol. The molecule has 0 aliphatic heterocycles. The van der Waals surface area contributed by atoms with Crippen molar-refractivity contribution in [2.45, 2.75) is 13.5 Å². The number of aryl methyl sites for hydroxylation is 1. The van der Waals surface area contributed by atoms with E-state index in [0.29, 0.717) is 29.4 Å². The lowest BCUT2D eigenvalue weighted by molar-refractivity contribution is 0.631. The van der Waals surface area contributed by atoms with Crippen molar-refractivity contribution in [3.8, 4) is 11.3 Å². The summed E-state index contributed by atoms with van der Waals surface area (Å²) in [5, 5.41) is 0.0582. The van der Waals surface area contributed by atoms with Crippen molar-refractivity contribution in [2.24, 2.45) is 0 Å². The number of hydrogen-bond donors (Lipinski definition) is 1. The van der Waals surface area contributed by atoms with Gasteiger partial charge in [0, 0.05) is 12.1 Å². The molecule has 18 heavy (non-hydrogen) atoms. The number of nitrogens with zero attached hydrogens (tertiary/aromatic N) is 2. The lowest BCUT2D eigenvalue weighted by atomic mass is 10.1. The van der Waals surface area contributed by atoms with Crippen molar-refractivity contribution in [3.05, 3.63) is 47.5 Å². The summed E-state index contributed by atoms with van der Waals surface area (Å²) in [5.74, 6) is 0.615. The number of rotatable bonds is 3. The number of benzene rings is 1. The number of nitrogen functional groups attached to an aromatic ring is 1. The van der Waals surface area contributed by atoms with Gasteiger partial charge in [0.25, 0.3) is 0 Å². The summed E-state index contributed by atoms with van der Waals surface area (Å²) in [4.78, 5) is 4.29. The molecule has 94 valence electrons. The van der Waals surface area contributed by atoms with Gasteiger partial charge in [-0.3, -0.25) is 0 Å². The number of imidazole rings is 1. The standard InChI is InChI=1S/C13H13ClFN3/c1-3-7-18-8(2)17-12(13(18)16)9-5-4-6-10(14)11(9)15/h3-6H,1,7,16H2,2H3. The molecule has 0 amide bonds. The fourth-order valence-corrected chi connectivity index (χ4v) is 2.00. The first-order valence-corrected chi connectivity index (χ1v) is 5.82. The third-order valence-electron chi connectivity index (χ3n) is 2.72. The van der Waals surface area contributed by atoms with Gasteiger partial charge in [-0.1, -0.05) is 23.7 Å². The van der Waals surface area contributed by atoms with E-state index in [1.54, 1.807) is 22.8 Å². The van der Waals surface area contributed by atoms with Crippen LogP contribution in [0.15, 0.2) is 30.9 Å². The smallest absolute Gasteiger partial charge is 0.151 e. The molecule has 0 radical (unpaired) electrons. The molecule has 0 saturated carbocycles. The summed E-state index contributed by atoms with van der Waals surface area (Å²) in [7, 11) is 0. The van der Waals surface area contributed by atoms with E-state index in [-0.39, 0.29) is 5.02 Å². The van der Waals surface area contributed by atoms with Crippen LogP contribution in [0.1, 0.15) is 5.82 Å². The Labute approximate surface area is 110 Å². The Morgan fingerprint density at radius 3 is 2.94 bits per heavy atom. The quantitative estimate of drug-likeness (QED) is 0.864. The van der Waals surface area contributed by atoms with Crippen LogP contribution in [0, 0.1) is 12.7 Å². The van der Waals surface area contributed by atoms with Gasteiger partial charge >= 0.3 is 0 Å². The van der Waals surface area contributed by atoms with E-state index in [9.17, 15) is 4.39 Å². The first kappa shape index (κ1) is 12.6. The number of nitrogens with two attached hydrogens (primary N) is 1. The third kappa shape index (κ3) is 1.99. The summed E-state index contributed by atoms with van der Waals surface area (Å²) < 4.78 is 15.7. The molecule has 0 aliphatic rings. The molecule has 0 fully saturated rings. The van der Waals surface area contributed by atoms with Crippen LogP contribution in [0.2, 0.25) is 5.02 Å². The van der Waals surface area contributed by atoms with Crippen LogP contribution >= 0.6 is 11.6 Å². The number of halogens is 2. The van der Waals surface area contributed by atoms with E-state index < -0.39 is 5.82 Å². The molecule has 0 atom stereocenters. The maximum Gasteiger partial charge on any atom is 0.151 e. The lowest BCUT2D eigenvalue weighted by Gasteiger charge is -2.05. The Morgan fingerprint density at radius 2 is 2.28 bits per heavy atom. The normalized spacial score (nSPS) is 10.6.